The maximum atomic E-state index is 13.1. The van der Waals surface area contributed by atoms with Gasteiger partial charge in [-0.25, -0.2) is 4.98 Å². The molecule has 0 bridgehead atoms. The van der Waals surface area contributed by atoms with Gasteiger partial charge in [-0.15, -0.1) is 0 Å². The van der Waals surface area contributed by atoms with Gasteiger partial charge in [0.1, 0.15) is 12.1 Å². The van der Waals surface area contributed by atoms with Gasteiger partial charge in [0.25, 0.3) is 5.91 Å². The molecule has 0 aliphatic rings. The van der Waals surface area contributed by atoms with Crippen molar-refractivity contribution in [1.82, 2.24) is 9.97 Å². The topological polar surface area (TPSA) is 77.2 Å². The number of nitrogens with one attached hydrogen (secondary N) is 1. The average molecular weight is 383 g/mol. The molecule has 2 heterocycles. The predicted octanol–water partition coefficient (Wildman–Crippen LogP) is 4.93. The number of hydrogen-bond donors (Lipinski definition) is 1. The van der Waals surface area contributed by atoms with Gasteiger partial charge in [-0.05, 0) is 41.1 Å². The SMILES string of the molecule is COCc1nc2cc(NC(=O)c3cc4ccccc4c4cccnc34)ccc2o1. The highest BCUT2D eigenvalue weighted by Crippen LogP contribution is 2.28. The molecule has 6 nitrogen and oxygen atoms in total. The summed E-state index contributed by atoms with van der Waals surface area (Å²) in [6.45, 7) is 0.297. The first-order valence-corrected chi connectivity index (χ1v) is 9.19. The number of carbonyl (C=O) groups is 1. The van der Waals surface area contributed by atoms with Crippen molar-refractivity contribution in [2.24, 2.45) is 0 Å². The van der Waals surface area contributed by atoms with Crippen LogP contribution in [0.2, 0.25) is 0 Å². The highest BCUT2D eigenvalue weighted by molar-refractivity contribution is 6.18. The molecule has 5 rings (SSSR count). The number of carbonyl (C=O) groups excluding carboxylic acids is 1. The molecule has 5 aromatic rings. The lowest BCUT2D eigenvalue weighted by atomic mass is 10.0. The molecule has 2 aromatic heterocycles. The van der Waals surface area contributed by atoms with E-state index in [-0.39, 0.29) is 5.91 Å². The Bertz CT molecular complexity index is 1370. The summed E-state index contributed by atoms with van der Waals surface area (Å²) in [5, 5.41) is 5.97. The normalized spacial score (nSPS) is 11.3. The van der Waals surface area contributed by atoms with Crippen LogP contribution in [-0.4, -0.2) is 23.0 Å². The van der Waals surface area contributed by atoms with Crippen molar-refractivity contribution in [2.45, 2.75) is 6.61 Å². The lowest BCUT2D eigenvalue weighted by molar-refractivity contribution is 0.102. The number of oxazole rings is 1. The van der Waals surface area contributed by atoms with Crippen LogP contribution < -0.4 is 5.32 Å². The van der Waals surface area contributed by atoms with E-state index in [1.54, 1.807) is 31.5 Å². The summed E-state index contributed by atoms with van der Waals surface area (Å²) in [4.78, 5) is 21.9. The first-order chi connectivity index (χ1) is 14.2. The summed E-state index contributed by atoms with van der Waals surface area (Å²) in [7, 11) is 1.59. The number of methoxy groups -OCH3 is 1. The lowest BCUT2D eigenvalue weighted by Crippen LogP contribution is -2.13. The van der Waals surface area contributed by atoms with Gasteiger partial charge in [0.05, 0.1) is 11.1 Å². The first kappa shape index (κ1) is 17.3. The summed E-state index contributed by atoms with van der Waals surface area (Å²) in [5.74, 6) is 0.273. The van der Waals surface area contributed by atoms with Gasteiger partial charge in [-0.2, -0.15) is 0 Å². The molecular weight excluding hydrogens is 366 g/mol. The van der Waals surface area contributed by atoms with Gasteiger partial charge in [0, 0.05) is 24.4 Å². The molecule has 6 heteroatoms. The van der Waals surface area contributed by atoms with Gasteiger partial charge in [-0.1, -0.05) is 30.3 Å². The van der Waals surface area contributed by atoms with Gasteiger partial charge in [-0.3, -0.25) is 9.78 Å². The lowest BCUT2D eigenvalue weighted by Gasteiger charge is -2.10. The zero-order valence-corrected chi connectivity index (χ0v) is 15.7. The number of nitrogens with zero attached hydrogens (tertiary/aromatic N) is 2. The summed E-state index contributed by atoms with van der Waals surface area (Å²) in [6, 6.07) is 19.1. The molecule has 142 valence electrons. The number of anilines is 1. The van der Waals surface area contributed by atoms with Crippen molar-refractivity contribution in [2.75, 3.05) is 12.4 Å². The third kappa shape index (κ3) is 3.09. The minimum atomic E-state index is -0.223. The Morgan fingerprint density at radius 1 is 1.07 bits per heavy atom. The molecule has 0 saturated heterocycles. The standard InChI is InChI=1S/C23H17N3O3/c1-28-13-21-26-19-12-15(8-9-20(19)29-21)25-23(27)18-11-14-5-2-3-6-16(14)17-7-4-10-24-22(17)18/h2-12H,13H2,1H3,(H,25,27). The monoisotopic (exact) mass is 383 g/mol. The molecule has 0 atom stereocenters. The maximum Gasteiger partial charge on any atom is 0.257 e. The van der Waals surface area contributed by atoms with Gasteiger partial charge < -0.3 is 14.5 Å². The molecule has 0 saturated carbocycles. The quantitative estimate of drug-likeness (QED) is 0.445. The fourth-order valence-electron chi connectivity index (χ4n) is 3.54. The van der Waals surface area contributed by atoms with Gasteiger partial charge in [0.2, 0.25) is 5.89 Å². The van der Waals surface area contributed by atoms with Crippen molar-refractivity contribution < 1.29 is 13.9 Å². The second kappa shape index (κ2) is 7.00. The molecule has 0 unspecified atom stereocenters. The minimum absolute atomic E-state index is 0.223. The smallest absolute Gasteiger partial charge is 0.257 e. The van der Waals surface area contributed by atoms with Gasteiger partial charge in [0.15, 0.2) is 5.58 Å². The number of fused-ring (bicyclic) bond motifs is 4. The number of rotatable bonds is 4. The van der Waals surface area contributed by atoms with Crippen molar-refractivity contribution in [3.05, 3.63) is 78.3 Å². The third-order valence-corrected chi connectivity index (χ3v) is 4.82. The van der Waals surface area contributed by atoms with Crippen LogP contribution in [0.5, 0.6) is 0 Å². The van der Waals surface area contributed by atoms with Crippen molar-refractivity contribution in [1.29, 1.82) is 0 Å². The zero-order valence-electron chi connectivity index (χ0n) is 15.7. The fraction of sp³-hybridized carbons (Fsp3) is 0.0870. The Morgan fingerprint density at radius 2 is 1.93 bits per heavy atom. The van der Waals surface area contributed by atoms with E-state index in [9.17, 15) is 4.79 Å². The Kier molecular flexibility index (Phi) is 4.18. The Hall–Kier alpha value is -3.77. The van der Waals surface area contributed by atoms with Crippen molar-refractivity contribution in [3.8, 4) is 0 Å². The van der Waals surface area contributed by atoms with Crippen molar-refractivity contribution in [3.63, 3.8) is 0 Å². The van der Waals surface area contributed by atoms with Crippen LogP contribution in [0.15, 0.2) is 71.3 Å². The molecular formula is C23H17N3O3. The van der Waals surface area contributed by atoms with E-state index in [0.717, 1.165) is 16.2 Å². The Morgan fingerprint density at radius 3 is 2.83 bits per heavy atom. The van der Waals surface area contributed by atoms with E-state index < -0.39 is 0 Å². The molecule has 0 spiro atoms. The van der Waals surface area contributed by atoms with E-state index in [1.165, 1.54) is 0 Å². The molecule has 29 heavy (non-hydrogen) atoms. The van der Waals surface area contributed by atoms with Crippen LogP contribution in [0.3, 0.4) is 0 Å². The van der Waals surface area contributed by atoms with Crippen LogP contribution in [0.25, 0.3) is 32.8 Å². The van der Waals surface area contributed by atoms with Crippen LogP contribution in [0.1, 0.15) is 16.2 Å². The molecule has 1 amide bonds. The predicted molar refractivity (Wildman–Crippen MR) is 112 cm³/mol. The number of benzene rings is 3. The molecule has 1 N–H and O–H groups in total. The van der Waals surface area contributed by atoms with Crippen LogP contribution in [0.4, 0.5) is 5.69 Å². The first-order valence-electron chi connectivity index (χ1n) is 9.19. The average Bonchev–Trinajstić information content (AvgIpc) is 3.15. The van der Waals surface area contributed by atoms with Crippen LogP contribution in [0, 0.1) is 0 Å². The van der Waals surface area contributed by atoms with E-state index in [2.05, 4.69) is 15.3 Å². The number of pyridine rings is 1. The second-order valence-electron chi connectivity index (χ2n) is 6.72. The Labute approximate surface area is 166 Å². The van der Waals surface area contributed by atoms with Gasteiger partial charge >= 0.3 is 0 Å². The zero-order chi connectivity index (χ0) is 19.8. The number of amides is 1. The summed E-state index contributed by atoms with van der Waals surface area (Å²) in [6.07, 6.45) is 1.70. The molecule has 0 fully saturated rings. The molecule has 3 aromatic carbocycles. The maximum absolute atomic E-state index is 13.1. The summed E-state index contributed by atoms with van der Waals surface area (Å²) >= 11 is 0. The fourth-order valence-corrected chi connectivity index (χ4v) is 3.54. The highest BCUT2D eigenvalue weighted by Gasteiger charge is 2.15. The molecule has 0 aliphatic carbocycles. The Balaban J connectivity index is 1.55. The minimum Gasteiger partial charge on any atom is -0.438 e. The third-order valence-electron chi connectivity index (χ3n) is 4.82. The van der Waals surface area contributed by atoms with E-state index in [4.69, 9.17) is 9.15 Å². The number of aromatic nitrogens is 2. The summed E-state index contributed by atoms with van der Waals surface area (Å²) in [5.41, 5.74) is 3.15. The highest BCUT2D eigenvalue weighted by atomic mass is 16.5. The van der Waals surface area contributed by atoms with Crippen LogP contribution in [-0.2, 0) is 11.3 Å². The van der Waals surface area contributed by atoms with E-state index >= 15 is 0 Å². The van der Waals surface area contributed by atoms with Crippen molar-refractivity contribution >= 4 is 44.4 Å². The van der Waals surface area contributed by atoms with Crippen LogP contribution >= 0.6 is 0 Å². The number of ether oxygens (including phenoxy) is 1. The van der Waals surface area contributed by atoms with E-state index in [1.807, 2.05) is 42.5 Å². The molecule has 0 aliphatic heterocycles. The number of hydrogen-bond acceptors (Lipinski definition) is 5. The largest absolute Gasteiger partial charge is 0.438 e. The second-order valence-corrected chi connectivity index (χ2v) is 6.72. The summed E-state index contributed by atoms with van der Waals surface area (Å²) < 4.78 is 10.7. The van der Waals surface area contributed by atoms with E-state index in [0.29, 0.717) is 40.4 Å². The molecule has 0 radical (unpaired) electrons.